The second kappa shape index (κ2) is 4.60. The van der Waals surface area contributed by atoms with Crippen LogP contribution < -0.4 is 10.5 Å². The van der Waals surface area contributed by atoms with Gasteiger partial charge in [0.1, 0.15) is 23.2 Å². The van der Waals surface area contributed by atoms with Gasteiger partial charge in [-0.3, -0.25) is 0 Å². The summed E-state index contributed by atoms with van der Waals surface area (Å²) in [4.78, 5) is 8.16. The van der Waals surface area contributed by atoms with Gasteiger partial charge in [0.25, 0.3) is 0 Å². The van der Waals surface area contributed by atoms with E-state index in [-0.39, 0.29) is 5.82 Å². The number of ether oxygens (including phenoxy) is 1. The molecule has 0 fully saturated rings. The molecule has 0 radical (unpaired) electrons. The van der Waals surface area contributed by atoms with Crippen molar-refractivity contribution >= 4 is 5.82 Å². The third-order valence-corrected chi connectivity index (χ3v) is 2.61. The van der Waals surface area contributed by atoms with E-state index in [4.69, 9.17) is 10.5 Å². The molecule has 0 bridgehead atoms. The number of aromatic nitrogens is 2. The van der Waals surface area contributed by atoms with Crippen LogP contribution in [0, 0.1) is 26.6 Å². The van der Waals surface area contributed by atoms with Gasteiger partial charge in [-0.05, 0) is 32.4 Å². The highest BCUT2D eigenvalue weighted by Crippen LogP contribution is 2.26. The third kappa shape index (κ3) is 2.40. The predicted molar refractivity (Wildman–Crippen MR) is 67.1 cm³/mol. The molecular formula is C13H14FN3O. The molecule has 5 heteroatoms. The van der Waals surface area contributed by atoms with Crippen molar-refractivity contribution in [3.05, 3.63) is 41.0 Å². The van der Waals surface area contributed by atoms with Crippen LogP contribution in [-0.4, -0.2) is 9.97 Å². The summed E-state index contributed by atoms with van der Waals surface area (Å²) >= 11 is 0. The number of rotatable bonds is 2. The van der Waals surface area contributed by atoms with E-state index in [0.29, 0.717) is 34.4 Å². The topological polar surface area (TPSA) is 61.0 Å². The molecule has 0 saturated carbocycles. The van der Waals surface area contributed by atoms with E-state index in [9.17, 15) is 4.39 Å². The molecule has 0 aliphatic rings. The third-order valence-electron chi connectivity index (χ3n) is 2.61. The first kappa shape index (κ1) is 12.3. The number of halogens is 1. The standard InChI is InChI=1S/C13H14FN3O/c1-7-4-5-10(6-11(7)14)18-13-8(2)12(15)16-9(3)17-13/h4-6H,1-3H3,(H2,15,16,17). The average Bonchev–Trinajstić information content (AvgIpc) is 2.30. The zero-order valence-corrected chi connectivity index (χ0v) is 10.5. The molecule has 4 nitrogen and oxygen atoms in total. The Bertz CT molecular complexity index is 599. The van der Waals surface area contributed by atoms with E-state index in [0.717, 1.165) is 0 Å². The summed E-state index contributed by atoms with van der Waals surface area (Å²) in [6.45, 7) is 5.17. The number of hydrogen-bond donors (Lipinski definition) is 1. The van der Waals surface area contributed by atoms with E-state index in [1.54, 1.807) is 32.9 Å². The molecule has 18 heavy (non-hydrogen) atoms. The van der Waals surface area contributed by atoms with Crippen molar-refractivity contribution in [2.45, 2.75) is 20.8 Å². The number of aryl methyl sites for hydroxylation is 2. The van der Waals surface area contributed by atoms with Crippen molar-refractivity contribution in [1.82, 2.24) is 9.97 Å². The second-order valence-corrected chi connectivity index (χ2v) is 4.10. The molecule has 2 rings (SSSR count). The Morgan fingerprint density at radius 1 is 1.17 bits per heavy atom. The lowest BCUT2D eigenvalue weighted by Gasteiger charge is -2.10. The molecule has 0 saturated heterocycles. The Morgan fingerprint density at radius 2 is 1.89 bits per heavy atom. The van der Waals surface area contributed by atoms with E-state index >= 15 is 0 Å². The summed E-state index contributed by atoms with van der Waals surface area (Å²) in [6.07, 6.45) is 0. The highest BCUT2D eigenvalue weighted by Gasteiger charge is 2.09. The van der Waals surface area contributed by atoms with E-state index in [1.165, 1.54) is 6.07 Å². The van der Waals surface area contributed by atoms with Gasteiger partial charge in [0.2, 0.25) is 5.88 Å². The van der Waals surface area contributed by atoms with Crippen molar-refractivity contribution in [2.24, 2.45) is 0 Å². The van der Waals surface area contributed by atoms with Crippen molar-refractivity contribution in [1.29, 1.82) is 0 Å². The fraction of sp³-hybridized carbons (Fsp3) is 0.231. The summed E-state index contributed by atoms with van der Waals surface area (Å²) < 4.78 is 18.9. The molecule has 0 amide bonds. The first-order valence-electron chi connectivity index (χ1n) is 5.52. The Kier molecular flexibility index (Phi) is 3.14. The second-order valence-electron chi connectivity index (χ2n) is 4.10. The van der Waals surface area contributed by atoms with Crippen LogP contribution in [0.3, 0.4) is 0 Å². The van der Waals surface area contributed by atoms with Gasteiger partial charge in [0.05, 0.1) is 5.56 Å². The predicted octanol–water partition coefficient (Wildman–Crippen LogP) is 2.92. The van der Waals surface area contributed by atoms with Crippen LogP contribution in [0.25, 0.3) is 0 Å². The summed E-state index contributed by atoms with van der Waals surface area (Å²) in [5.41, 5.74) is 6.93. The van der Waals surface area contributed by atoms with Gasteiger partial charge < -0.3 is 10.5 Å². The molecule has 1 aromatic heterocycles. The maximum absolute atomic E-state index is 13.4. The SMILES string of the molecule is Cc1nc(N)c(C)c(Oc2ccc(C)c(F)c2)n1. The van der Waals surface area contributed by atoms with Gasteiger partial charge in [0, 0.05) is 6.07 Å². The van der Waals surface area contributed by atoms with Crippen LogP contribution in [0.2, 0.25) is 0 Å². The van der Waals surface area contributed by atoms with Crippen molar-refractivity contribution in [2.75, 3.05) is 5.73 Å². The monoisotopic (exact) mass is 247 g/mol. The van der Waals surface area contributed by atoms with Crippen LogP contribution in [0.4, 0.5) is 10.2 Å². The van der Waals surface area contributed by atoms with Gasteiger partial charge in [-0.15, -0.1) is 0 Å². The molecule has 0 unspecified atom stereocenters. The van der Waals surface area contributed by atoms with Crippen molar-refractivity contribution < 1.29 is 9.13 Å². The minimum absolute atomic E-state index is 0.316. The zero-order valence-electron chi connectivity index (χ0n) is 10.5. The maximum Gasteiger partial charge on any atom is 0.227 e. The molecule has 0 atom stereocenters. The smallest absolute Gasteiger partial charge is 0.227 e. The Balaban J connectivity index is 2.36. The number of nitrogens with zero attached hydrogens (tertiary/aromatic N) is 2. The first-order valence-corrected chi connectivity index (χ1v) is 5.52. The molecule has 0 spiro atoms. The number of nitrogen functional groups attached to an aromatic ring is 1. The van der Waals surface area contributed by atoms with Crippen LogP contribution in [0.15, 0.2) is 18.2 Å². The van der Waals surface area contributed by atoms with Gasteiger partial charge in [0.15, 0.2) is 0 Å². The normalized spacial score (nSPS) is 10.4. The van der Waals surface area contributed by atoms with Crippen LogP contribution in [-0.2, 0) is 0 Å². The van der Waals surface area contributed by atoms with Crippen LogP contribution in [0.1, 0.15) is 17.0 Å². The molecule has 2 aromatic rings. The highest BCUT2D eigenvalue weighted by atomic mass is 19.1. The number of anilines is 1. The number of benzene rings is 1. The number of hydrogen-bond acceptors (Lipinski definition) is 4. The van der Waals surface area contributed by atoms with Gasteiger partial charge >= 0.3 is 0 Å². The number of nitrogens with two attached hydrogens (primary N) is 1. The molecular weight excluding hydrogens is 233 g/mol. The quantitative estimate of drug-likeness (QED) is 0.886. The lowest BCUT2D eigenvalue weighted by Crippen LogP contribution is -2.02. The summed E-state index contributed by atoms with van der Waals surface area (Å²) in [6, 6.07) is 4.66. The minimum atomic E-state index is -0.316. The average molecular weight is 247 g/mol. The largest absolute Gasteiger partial charge is 0.438 e. The van der Waals surface area contributed by atoms with Crippen molar-refractivity contribution in [3.63, 3.8) is 0 Å². The first-order chi connectivity index (χ1) is 8.47. The Labute approximate surface area is 105 Å². The molecule has 1 aromatic carbocycles. The van der Waals surface area contributed by atoms with E-state index in [2.05, 4.69) is 9.97 Å². The van der Waals surface area contributed by atoms with Crippen LogP contribution in [0.5, 0.6) is 11.6 Å². The van der Waals surface area contributed by atoms with Gasteiger partial charge in [-0.2, -0.15) is 4.98 Å². The molecule has 0 aliphatic heterocycles. The molecule has 94 valence electrons. The summed E-state index contributed by atoms with van der Waals surface area (Å²) in [5, 5.41) is 0. The minimum Gasteiger partial charge on any atom is -0.438 e. The molecule has 1 heterocycles. The molecule has 0 aliphatic carbocycles. The lowest BCUT2D eigenvalue weighted by atomic mass is 10.2. The van der Waals surface area contributed by atoms with E-state index < -0.39 is 0 Å². The van der Waals surface area contributed by atoms with Gasteiger partial charge in [-0.25, -0.2) is 9.37 Å². The molecule has 2 N–H and O–H groups in total. The highest BCUT2D eigenvalue weighted by molar-refractivity contribution is 5.46. The summed E-state index contributed by atoms with van der Waals surface area (Å²) in [5.74, 6) is 1.30. The van der Waals surface area contributed by atoms with E-state index in [1.807, 2.05) is 0 Å². The summed E-state index contributed by atoms with van der Waals surface area (Å²) in [7, 11) is 0. The fourth-order valence-electron chi connectivity index (χ4n) is 1.47. The van der Waals surface area contributed by atoms with Crippen molar-refractivity contribution in [3.8, 4) is 11.6 Å². The zero-order chi connectivity index (χ0) is 13.3. The fourth-order valence-corrected chi connectivity index (χ4v) is 1.47. The van der Waals surface area contributed by atoms with Gasteiger partial charge in [-0.1, -0.05) is 6.07 Å². The maximum atomic E-state index is 13.4. The Hall–Kier alpha value is -2.17. The Morgan fingerprint density at radius 3 is 2.56 bits per heavy atom. The van der Waals surface area contributed by atoms with Crippen LogP contribution >= 0.6 is 0 Å². The lowest BCUT2D eigenvalue weighted by molar-refractivity contribution is 0.451.